The first-order chi connectivity index (χ1) is 11.8. The number of rotatable bonds is 3. The van der Waals surface area contributed by atoms with Crippen molar-refractivity contribution in [3.05, 3.63) is 113 Å². The van der Waals surface area contributed by atoms with Gasteiger partial charge in [-0.3, -0.25) is 0 Å². The first-order valence-electron chi connectivity index (χ1n) is 7.94. The lowest BCUT2D eigenvalue weighted by Crippen LogP contribution is -2.10. The van der Waals surface area contributed by atoms with E-state index in [0.29, 0.717) is 5.57 Å². The molecule has 2 heteroatoms. The Balaban J connectivity index is 2.04. The fourth-order valence-corrected chi connectivity index (χ4v) is 3.56. The number of carbonyl (C=O) groups is 1. The third-order valence-corrected chi connectivity index (χ3v) is 4.52. The van der Waals surface area contributed by atoms with Crippen LogP contribution in [0.3, 0.4) is 0 Å². The summed E-state index contributed by atoms with van der Waals surface area (Å²) >= 11 is 0. The van der Waals surface area contributed by atoms with Crippen LogP contribution in [0.4, 0.5) is 0 Å². The molecule has 0 bridgehead atoms. The average molecular weight is 312 g/mol. The van der Waals surface area contributed by atoms with Gasteiger partial charge in [-0.05, 0) is 22.3 Å². The van der Waals surface area contributed by atoms with Gasteiger partial charge in [-0.15, -0.1) is 0 Å². The fraction of sp³-hybridized carbons (Fsp3) is 0.0455. The van der Waals surface area contributed by atoms with Crippen LogP contribution in [0.1, 0.15) is 28.2 Å². The van der Waals surface area contributed by atoms with Crippen molar-refractivity contribution < 1.29 is 9.90 Å². The molecule has 0 spiro atoms. The Morgan fingerprint density at radius 2 is 1.33 bits per heavy atom. The Morgan fingerprint density at radius 1 is 0.750 bits per heavy atom. The summed E-state index contributed by atoms with van der Waals surface area (Å²) < 4.78 is 0. The molecule has 24 heavy (non-hydrogen) atoms. The van der Waals surface area contributed by atoms with E-state index in [9.17, 15) is 9.90 Å². The third kappa shape index (κ3) is 2.24. The van der Waals surface area contributed by atoms with Crippen LogP contribution >= 0.6 is 0 Å². The van der Waals surface area contributed by atoms with Gasteiger partial charge in [0.05, 0.1) is 5.57 Å². The summed E-state index contributed by atoms with van der Waals surface area (Å²) in [6, 6.07) is 27.6. The summed E-state index contributed by atoms with van der Waals surface area (Å²) in [4.78, 5) is 12.2. The van der Waals surface area contributed by atoms with Crippen molar-refractivity contribution in [3.8, 4) is 0 Å². The van der Waals surface area contributed by atoms with Crippen molar-refractivity contribution in [1.29, 1.82) is 0 Å². The maximum Gasteiger partial charge on any atom is 0.333 e. The monoisotopic (exact) mass is 312 g/mol. The number of aliphatic carboxylic acids is 1. The molecule has 0 aliphatic heterocycles. The van der Waals surface area contributed by atoms with E-state index in [4.69, 9.17) is 0 Å². The van der Waals surface area contributed by atoms with Crippen LogP contribution in [-0.2, 0) is 4.79 Å². The zero-order valence-corrected chi connectivity index (χ0v) is 13.0. The van der Waals surface area contributed by atoms with E-state index in [1.165, 1.54) is 0 Å². The summed E-state index contributed by atoms with van der Waals surface area (Å²) in [6.07, 6.45) is 0. The van der Waals surface area contributed by atoms with Gasteiger partial charge in [-0.1, -0.05) is 84.9 Å². The number of carboxylic acids is 1. The minimum atomic E-state index is -0.862. The van der Waals surface area contributed by atoms with Crippen LogP contribution in [0.25, 0.3) is 5.57 Å². The highest BCUT2D eigenvalue weighted by atomic mass is 16.4. The lowest BCUT2D eigenvalue weighted by molar-refractivity contribution is -0.132. The van der Waals surface area contributed by atoms with Crippen molar-refractivity contribution in [1.82, 2.24) is 0 Å². The molecular formula is C22H16O2. The molecule has 4 rings (SSSR count). The van der Waals surface area contributed by atoms with E-state index in [1.807, 2.05) is 84.9 Å². The van der Waals surface area contributed by atoms with Crippen molar-refractivity contribution in [2.24, 2.45) is 0 Å². The van der Waals surface area contributed by atoms with Crippen LogP contribution in [0.5, 0.6) is 0 Å². The summed E-state index contributed by atoms with van der Waals surface area (Å²) in [6.45, 7) is 0. The van der Waals surface area contributed by atoms with Gasteiger partial charge in [0.15, 0.2) is 0 Å². The quantitative estimate of drug-likeness (QED) is 0.760. The Morgan fingerprint density at radius 3 is 2.00 bits per heavy atom. The van der Waals surface area contributed by atoms with E-state index in [1.54, 1.807) is 0 Å². The van der Waals surface area contributed by atoms with Crippen molar-refractivity contribution in [2.75, 3.05) is 0 Å². The number of fused-ring (bicyclic) bond motifs is 1. The lowest BCUT2D eigenvalue weighted by atomic mass is 9.88. The van der Waals surface area contributed by atoms with E-state index in [0.717, 1.165) is 27.8 Å². The van der Waals surface area contributed by atoms with Gasteiger partial charge in [-0.2, -0.15) is 0 Å². The number of hydrogen-bond acceptors (Lipinski definition) is 1. The average Bonchev–Trinajstić information content (AvgIpc) is 2.98. The zero-order valence-electron chi connectivity index (χ0n) is 13.0. The van der Waals surface area contributed by atoms with Crippen LogP contribution in [-0.4, -0.2) is 11.1 Å². The molecule has 3 aromatic carbocycles. The molecule has 2 nitrogen and oxygen atoms in total. The van der Waals surface area contributed by atoms with Crippen LogP contribution in [0.2, 0.25) is 0 Å². The van der Waals surface area contributed by atoms with Crippen LogP contribution in [0.15, 0.2) is 90.5 Å². The SMILES string of the molecule is O=C(O)C1=C(c2ccccc2)c2ccccc2C1c1ccccc1. The summed E-state index contributed by atoms with van der Waals surface area (Å²) in [5.41, 5.74) is 5.30. The number of hydrogen-bond donors (Lipinski definition) is 1. The second kappa shape index (κ2) is 5.82. The smallest absolute Gasteiger partial charge is 0.333 e. The van der Waals surface area contributed by atoms with Gasteiger partial charge >= 0.3 is 5.97 Å². The van der Waals surface area contributed by atoms with E-state index >= 15 is 0 Å². The molecule has 0 saturated heterocycles. The molecule has 0 heterocycles. The van der Waals surface area contributed by atoms with E-state index in [2.05, 4.69) is 0 Å². The van der Waals surface area contributed by atoms with E-state index in [-0.39, 0.29) is 5.92 Å². The summed E-state index contributed by atoms with van der Waals surface area (Å²) in [7, 11) is 0. The van der Waals surface area contributed by atoms with Crippen molar-refractivity contribution in [2.45, 2.75) is 5.92 Å². The normalized spacial score (nSPS) is 16.1. The topological polar surface area (TPSA) is 37.3 Å². The minimum Gasteiger partial charge on any atom is -0.478 e. The Kier molecular flexibility index (Phi) is 3.51. The van der Waals surface area contributed by atoms with Crippen LogP contribution in [0, 0.1) is 0 Å². The van der Waals surface area contributed by atoms with Gasteiger partial charge in [0.2, 0.25) is 0 Å². The first-order valence-corrected chi connectivity index (χ1v) is 7.94. The molecule has 1 aliphatic rings. The second-order valence-electron chi connectivity index (χ2n) is 5.89. The molecule has 116 valence electrons. The molecule has 1 unspecified atom stereocenters. The molecule has 0 saturated carbocycles. The molecule has 0 fully saturated rings. The highest BCUT2D eigenvalue weighted by molar-refractivity contribution is 6.06. The lowest BCUT2D eigenvalue weighted by Gasteiger charge is -2.14. The Labute approximate surface area is 140 Å². The zero-order chi connectivity index (χ0) is 16.5. The third-order valence-electron chi connectivity index (χ3n) is 4.52. The van der Waals surface area contributed by atoms with Crippen molar-refractivity contribution >= 4 is 11.5 Å². The predicted octanol–water partition coefficient (Wildman–Crippen LogP) is 4.72. The van der Waals surface area contributed by atoms with Gasteiger partial charge in [0.1, 0.15) is 0 Å². The molecule has 0 aromatic heterocycles. The molecule has 3 aromatic rings. The minimum absolute atomic E-state index is 0.241. The van der Waals surface area contributed by atoms with Crippen LogP contribution < -0.4 is 0 Å². The summed E-state index contributed by atoms with van der Waals surface area (Å²) in [5, 5.41) is 9.99. The maximum absolute atomic E-state index is 12.2. The number of carboxylic acid groups (broad SMARTS) is 1. The molecule has 1 aliphatic carbocycles. The standard InChI is InChI=1S/C22H16O2/c23-22(24)21-19(15-9-3-1-4-10-15)17-13-7-8-14-18(17)20(21)16-11-5-2-6-12-16/h1-14,19H,(H,23,24). The molecule has 1 N–H and O–H groups in total. The molecule has 1 atom stereocenters. The van der Waals surface area contributed by atoms with Gasteiger partial charge < -0.3 is 5.11 Å². The predicted molar refractivity (Wildman–Crippen MR) is 94.8 cm³/mol. The fourth-order valence-electron chi connectivity index (χ4n) is 3.56. The largest absolute Gasteiger partial charge is 0.478 e. The summed E-state index contributed by atoms with van der Waals surface area (Å²) in [5.74, 6) is -1.10. The van der Waals surface area contributed by atoms with Gasteiger partial charge in [0.25, 0.3) is 0 Å². The Hall–Kier alpha value is -3.13. The van der Waals surface area contributed by atoms with Gasteiger partial charge in [0, 0.05) is 11.5 Å². The van der Waals surface area contributed by atoms with Crippen molar-refractivity contribution in [3.63, 3.8) is 0 Å². The highest BCUT2D eigenvalue weighted by Crippen LogP contribution is 2.47. The van der Waals surface area contributed by atoms with E-state index < -0.39 is 5.97 Å². The molecular weight excluding hydrogens is 296 g/mol. The second-order valence-corrected chi connectivity index (χ2v) is 5.89. The van der Waals surface area contributed by atoms with Gasteiger partial charge in [-0.25, -0.2) is 4.79 Å². The Bertz CT molecular complexity index is 924. The first kappa shape index (κ1) is 14.5. The highest BCUT2D eigenvalue weighted by Gasteiger charge is 2.36. The number of benzene rings is 3. The maximum atomic E-state index is 12.2. The molecule has 0 radical (unpaired) electrons. The molecule has 0 amide bonds.